The average Bonchev–Trinajstić information content (AvgIpc) is 2.80. The number of para-hydroxylation sites is 2. The number of hydrogen-bond donors (Lipinski definition) is 2. The minimum atomic E-state index is -4.04. The highest BCUT2D eigenvalue weighted by Gasteiger charge is 2.21. The molecule has 0 unspecified atom stereocenters. The van der Waals surface area contributed by atoms with Gasteiger partial charge >= 0.3 is 0 Å². The maximum atomic E-state index is 13.3. The van der Waals surface area contributed by atoms with Crippen molar-refractivity contribution in [3.63, 3.8) is 0 Å². The molecule has 1 amide bonds. The van der Waals surface area contributed by atoms with Gasteiger partial charge in [-0.3, -0.25) is 9.52 Å². The van der Waals surface area contributed by atoms with E-state index in [2.05, 4.69) is 10.0 Å². The SMILES string of the molecule is COc1ccccc1Oc1ccc(Cl)cc1NS(=O)(=O)c1ccc(SC)c(NC(=O)C(C)C)c1. The van der Waals surface area contributed by atoms with Gasteiger partial charge in [0.1, 0.15) is 0 Å². The lowest BCUT2D eigenvalue weighted by Crippen LogP contribution is -2.19. The highest BCUT2D eigenvalue weighted by Crippen LogP contribution is 2.37. The fourth-order valence-corrected chi connectivity index (χ4v) is 4.72. The van der Waals surface area contributed by atoms with Crippen LogP contribution in [-0.4, -0.2) is 27.7 Å². The molecule has 0 heterocycles. The largest absolute Gasteiger partial charge is 0.493 e. The van der Waals surface area contributed by atoms with Crippen LogP contribution in [0.1, 0.15) is 13.8 Å². The average molecular weight is 521 g/mol. The number of sulfonamides is 1. The normalized spacial score (nSPS) is 11.2. The number of anilines is 2. The second kappa shape index (κ2) is 11.0. The third-order valence-corrected chi connectivity index (χ3v) is 7.13. The van der Waals surface area contributed by atoms with Crippen LogP contribution in [0.2, 0.25) is 5.02 Å². The summed E-state index contributed by atoms with van der Waals surface area (Å²) in [6, 6.07) is 16.2. The molecule has 0 saturated heterocycles. The van der Waals surface area contributed by atoms with Crippen molar-refractivity contribution in [2.45, 2.75) is 23.6 Å². The molecule has 0 spiro atoms. The molecular weight excluding hydrogens is 496 g/mol. The zero-order valence-electron chi connectivity index (χ0n) is 19.1. The topological polar surface area (TPSA) is 93.7 Å². The van der Waals surface area contributed by atoms with E-state index < -0.39 is 10.0 Å². The van der Waals surface area contributed by atoms with Gasteiger partial charge in [-0.05, 0) is 54.8 Å². The molecule has 10 heteroatoms. The van der Waals surface area contributed by atoms with E-state index in [-0.39, 0.29) is 28.2 Å². The Morgan fingerprint density at radius 1 is 0.971 bits per heavy atom. The molecule has 3 rings (SSSR count). The standard InChI is InChI=1S/C24H25ClN2O5S2/c1-15(2)24(28)26-19-14-17(10-12-23(19)33-4)34(29,30)27-18-13-16(25)9-11-20(18)32-22-8-6-5-7-21(22)31-3/h5-15,27H,1-4H3,(H,26,28). The van der Waals surface area contributed by atoms with Crippen LogP contribution >= 0.6 is 23.4 Å². The zero-order chi connectivity index (χ0) is 24.9. The Labute approximate surface area is 208 Å². The van der Waals surface area contributed by atoms with Gasteiger partial charge in [-0.1, -0.05) is 37.6 Å². The lowest BCUT2D eigenvalue weighted by molar-refractivity contribution is -0.118. The van der Waals surface area contributed by atoms with Crippen LogP contribution in [0.25, 0.3) is 0 Å². The number of carbonyl (C=O) groups is 1. The van der Waals surface area contributed by atoms with Crippen LogP contribution in [0.5, 0.6) is 17.2 Å². The Hall–Kier alpha value is -2.88. The molecule has 0 bridgehead atoms. The van der Waals surface area contributed by atoms with Crippen molar-refractivity contribution >= 4 is 50.7 Å². The summed E-state index contributed by atoms with van der Waals surface area (Å²) in [5, 5.41) is 3.12. The number of carbonyl (C=O) groups excluding carboxylic acids is 1. The molecule has 0 aliphatic heterocycles. The first-order chi connectivity index (χ1) is 16.1. The Bertz CT molecular complexity index is 1300. The summed E-state index contributed by atoms with van der Waals surface area (Å²) in [5.41, 5.74) is 0.575. The molecule has 0 radical (unpaired) electrons. The van der Waals surface area contributed by atoms with E-state index in [0.29, 0.717) is 22.2 Å². The third-order valence-electron chi connectivity index (χ3n) is 4.74. The van der Waals surface area contributed by atoms with E-state index >= 15 is 0 Å². The van der Waals surface area contributed by atoms with E-state index in [0.717, 1.165) is 4.90 Å². The first-order valence-electron chi connectivity index (χ1n) is 10.3. The molecule has 0 aromatic heterocycles. The predicted molar refractivity (Wildman–Crippen MR) is 137 cm³/mol. The first-order valence-corrected chi connectivity index (χ1v) is 13.4. The molecule has 7 nitrogen and oxygen atoms in total. The number of thioether (sulfide) groups is 1. The number of methoxy groups -OCH3 is 1. The summed E-state index contributed by atoms with van der Waals surface area (Å²) in [6.07, 6.45) is 1.85. The van der Waals surface area contributed by atoms with E-state index in [1.165, 1.54) is 37.1 Å². The lowest BCUT2D eigenvalue weighted by atomic mass is 10.2. The Kier molecular flexibility index (Phi) is 8.35. The van der Waals surface area contributed by atoms with Crippen molar-refractivity contribution in [1.29, 1.82) is 0 Å². The molecule has 3 aromatic rings. The third kappa shape index (κ3) is 6.16. The van der Waals surface area contributed by atoms with Crippen molar-refractivity contribution < 1.29 is 22.7 Å². The number of benzene rings is 3. The lowest BCUT2D eigenvalue weighted by Gasteiger charge is -2.17. The molecule has 0 atom stereocenters. The quantitative estimate of drug-likeness (QED) is 0.323. The van der Waals surface area contributed by atoms with Crippen LogP contribution in [-0.2, 0) is 14.8 Å². The van der Waals surface area contributed by atoms with Gasteiger partial charge in [-0.25, -0.2) is 8.42 Å². The summed E-state index contributed by atoms with van der Waals surface area (Å²) < 4.78 is 40.3. The van der Waals surface area contributed by atoms with Crippen LogP contribution in [0, 0.1) is 5.92 Å². The summed E-state index contributed by atoms with van der Waals surface area (Å²) in [6.45, 7) is 3.53. The number of ether oxygens (including phenoxy) is 2. The maximum Gasteiger partial charge on any atom is 0.262 e. The van der Waals surface area contributed by atoms with Crippen LogP contribution in [0.15, 0.2) is 70.5 Å². The molecular formula is C24H25ClN2O5S2. The highest BCUT2D eigenvalue weighted by atomic mass is 35.5. The van der Waals surface area contributed by atoms with E-state index in [4.69, 9.17) is 21.1 Å². The van der Waals surface area contributed by atoms with Crippen LogP contribution in [0.3, 0.4) is 0 Å². The van der Waals surface area contributed by atoms with Crippen molar-refractivity contribution in [2.75, 3.05) is 23.4 Å². The summed E-state index contributed by atoms with van der Waals surface area (Å²) in [5.74, 6) is 0.682. The van der Waals surface area contributed by atoms with E-state index in [1.54, 1.807) is 56.3 Å². The van der Waals surface area contributed by atoms with Crippen molar-refractivity contribution in [3.8, 4) is 17.2 Å². The fourth-order valence-electron chi connectivity index (χ4n) is 2.93. The van der Waals surface area contributed by atoms with Crippen molar-refractivity contribution in [2.24, 2.45) is 5.92 Å². The Balaban J connectivity index is 1.96. The molecule has 0 aliphatic rings. The van der Waals surface area contributed by atoms with Gasteiger partial charge in [-0.15, -0.1) is 11.8 Å². The number of halogens is 1. The minimum absolute atomic E-state index is 0.0208. The summed E-state index contributed by atoms with van der Waals surface area (Å²) in [4.78, 5) is 12.9. The number of amides is 1. The Morgan fingerprint density at radius 2 is 1.68 bits per heavy atom. The highest BCUT2D eigenvalue weighted by molar-refractivity contribution is 7.98. The van der Waals surface area contributed by atoms with Gasteiger partial charge in [0.05, 0.1) is 23.4 Å². The van der Waals surface area contributed by atoms with E-state index in [1.807, 2.05) is 6.26 Å². The second-order valence-electron chi connectivity index (χ2n) is 7.50. The number of nitrogens with one attached hydrogen (secondary N) is 2. The fraction of sp³-hybridized carbons (Fsp3) is 0.208. The van der Waals surface area contributed by atoms with Gasteiger partial charge in [0.25, 0.3) is 10.0 Å². The van der Waals surface area contributed by atoms with E-state index in [9.17, 15) is 13.2 Å². The molecule has 3 aromatic carbocycles. The Morgan fingerprint density at radius 3 is 2.32 bits per heavy atom. The van der Waals surface area contributed by atoms with Gasteiger partial charge in [0.15, 0.2) is 17.2 Å². The van der Waals surface area contributed by atoms with Crippen molar-refractivity contribution in [3.05, 3.63) is 65.7 Å². The minimum Gasteiger partial charge on any atom is -0.493 e. The molecule has 2 N–H and O–H groups in total. The monoisotopic (exact) mass is 520 g/mol. The molecule has 0 fully saturated rings. The maximum absolute atomic E-state index is 13.3. The van der Waals surface area contributed by atoms with Gasteiger partial charge in [0, 0.05) is 15.8 Å². The van der Waals surface area contributed by atoms with Crippen LogP contribution < -0.4 is 19.5 Å². The first kappa shape index (κ1) is 25.7. The predicted octanol–water partition coefficient (Wildman–Crippen LogP) is 6.26. The van der Waals surface area contributed by atoms with Crippen molar-refractivity contribution in [1.82, 2.24) is 0 Å². The molecule has 0 saturated carbocycles. The second-order valence-corrected chi connectivity index (χ2v) is 10.5. The molecule has 180 valence electrons. The molecule has 0 aliphatic carbocycles. The zero-order valence-corrected chi connectivity index (χ0v) is 21.5. The summed E-state index contributed by atoms with van der Waals surface area (Å²) in [7, 11) is -2.53. The van der Waals surface area contributed by atoms with Gasteiger partial charge in [-0.2, -0.15) is 0 Å². The van der Waals surface area contributed by atoms with Crippen LogP contribution in [0.4, 0.5) is 11.4 Å². The smallest absolute Gasteiger partial charge is 0.262 e. The number of rotatable bonds is 9. The number of hydrogen-bond acceptors (Lipinski definition) is 6. The molecule has 34 heavy (non-hydrogen) atoms. The van der Waals surface area contributed by atoms with Gasteiger partial charge in [0.2, 0.25) is 5.91 Å². The van der Waals surface area contributed by atoms with Gasteiger partial charge < -0.3 is 14.8 Å². The summed E-state index contributed by atoms with van der Waals surface area (Å²) >= 11 is 7.54.